The number of hydrogen-bond donors (Lipinski definition) is 0. The highest BCUT2D eigenvalue weighted by Crippen LogP contribution is 2.81. The van der Waals surface area contributed by atoms with Gasteiger partial charge in [-0.15, -0.1) is 0 Å². The Labute approximate surface area is 100 Å². The fourth-order valence-corrected chi connectivity index (χ4v) is 7.63. The Bertz CT molecular complexity index is 417. The van der Waals surface area contributed by atoms with Crippen molar-refractivity contribution in [3.05, 3.63) is 24.3 Å². The molecule has 0 saturated carbocycles. The molecule has 1 aromatic carbocycles. The second-order valence-corrected chi connectivity index (χ2v) is 8.75. The van der Waals surface area contributed by atoms with Crippen LogP contribution in [0, 0.1) is 0 Å². The minimum atomic E-state index is -1.90. The number of rotatable bonds is 2. The molecule has 1 aromatic rings. The van der Waals surface area contributed by atoms with Crippen molar-refractivity contribution in [3.8, 4) is 5.75 Å². The molecule has 16 heavy (non-hydrogen) atoms. The molecular weight excluding hydrogens is 241 g/mol. The lowest BCUT2D eigenvalue weighted by molar-refractivity contribution is 0.262. The second-order valence-electron chi connectivity index (χ2n) is 3.94. The van der Waals surface area contributed by atoms with E-state index in [0.29, 0.717) is 0 Å². The third kappa shape index (κ3) is 1.44. The van der Waals surface area contributed by atoms with E-state index < -0.39 is 7.07 Å². The van der Waals surface area contributed by atoms with E-state index in [1.807, 2.05) is 23.5 Å². The zero-order valence-corrected chi connectivity index (χ0v) is 11.1. The molecule has 0 bridgehead atoms. The molecule has 0 N–H and O–H groups in total. The third-order valence-electron chi connectivity index (χ3n) is 2.69. The first-order valence-electron chi connectivity index (χ1n) is 5.54. The molecule has 0 aromatic heterocycles. The number of hydrogen-bond acceptors (Lipinski definition) is 4. The van der Waals surface area contributed by atoms with Crippen molar-refractivity contribution in [2.24, 2.45) is 0 Å². The maximum absolute atomic E-state index is 6.11. The van der Waals surface area contributed by atoms with Crippen molar-refractivity contribution >= 4 is 24.1 Å². The zero-order valence-electron chi connectivity index (χ0n) is 9.42. The average Bonchev–Trinajstić information content (AvgIpc) is 2.69. The number of anilines is 1. The SMILES string of the molecule is CCS[P+]12Oc3ccccc3N1CC(C)O2. The first-order valence-corrected chi connectivity index (χ1v) is 8.70. The van der Waals surface area contributed by atoms with Crippen LogP contribution in [0.2, 0.25) is 0 Å². The van der Waals surface area contributed by atoms with Crippen molar-refractivity contribution < 1.29 is 9.05 Å². The third-order valence-corrected chi connectivity index (χ3v) is 8.12. The second kappa shape index (κ2) is 3.80. The van der Waals surface area contributed by atoms with Crippen molar-refractivity contribution in [1.29, 1.82) is 0 Å². The lowest BCUT2D eigenvalue weighted by Crippen LogP contribution is -2.16. The Morgan fingerprint density at radius 3 is 3.12 bits per heavy atom. The maximum Gasteiger partial charge on any atom is 0.484 e. The van der Waals surface area contributed by atoms with E-state index in [0.717, 1.165) is 18.0 Å². The van der Waals surface area contributed by atoms with Crippen LogP contribution >= 0.6 is 18.5 Å². The van der Waals surface area contributed by atoms with Gasteiger partial charge in [-0.05, 0) is 19.1 Å². The quantitative estimate of drug-likeness (QED) is 0.751. The topological polar surface area (TPSA) is 21.7 Å². The van der Waals surface area contributed by atoms with Gasteiger partial charge in [-0.1, -0.05) is 19.1 Å². The van der Waals surface area contributed by atoms with Gasteiger partial charge in [0, 0.05) is 5.75 Å². The van der Waals surface area contributed by atoms with Crippen molar-refractivity contribution in [3.63, 3.8) is 0 Å². The smallest absolute Gasteiger partial charge is 0.278 e. The van der Waals surface area contributed by atoms with Gasteiger partial charge < -0.3 is 0 Å². The maximum atomic E-state index is 6.11. The molecule has 0 spiro atoms. The molecule has 86 valence electrons. The molecule has 2 aliphatic rings. The van der Waals surface area contributed by atoms with Gasteiger partial charge in [0.1, 0.15) is 23.2 Å². The molecule has 2 atom stereocenters. The summed E-state index contributed by atoms with van der Waals surface area (Å²) in [5, 5.41) is 0. The Kier molecular flexibility index (Phi) is 2.54. The summed E-state index contributed by atoms with van der Waals surface area (Å²) < 4.78 is 14.5. The van der Waals surface area contributed by atoms with Crippen LogP contribution in [0.15, 0.2) is 24.3 Å². The van der Waals surface area contributed by atoms with Crippen LogP contribution in [0.3, 0.4) is 0 Å². The Morgan fingerprint density at radius 2 is 2.31 bits per heavy atom. The molecule has 0 radical (unpaired) electrons. The predicted octanol–water partition coefficient (Wildman–Crippen LogP) is 3.73. The van der Waals surface area contributed by atoms with E-state index in [1.54, 1.807) is 0 Å². The highest BCUT2D eigenvalue weighted by atomic mass is 32.7. The molecule has 1 saturated heterocycles. The Morgan fingerprint density at radius 1 is 1.50 bits per heavy atom. The van der Waals surface area contributed by atoms with Crippen molar-refractivity contribution in [1.82, 2.24) is 0 Å². The molecule has 1 fully saturated rings. The lowest BCUT2D eigenvalue weighted by Gasteiger charge is -2.15. The molecule has 3 rings (SSSR count). The Balaban J connectivity index is 2.01. The molecule has 5 heteroatoms. The average molecular weight is 256 g/mol. The van der Waals surface area contributed by atoms with Crippen molar-refractivity contribution in [2.75, 3.05) is 17.0 Å². The molecule has 0 aliphatic carbocycles. The minimum Gasteiger partial charge on any atom is -0.278 e. The van der Waals surface area contributed by atoms with Gasteiger partial charge in [0.2, 0.25) is 5.75 Å². The highest BCUT2D eigenvalue weighted by molar-refractivity contribution is 8.60. The number of benzene rings is 1. The largest absolute Gasteiger partial charge is 0.484 e. The van der Waals surface area contributed by atoms with E-state index in [2.05, 4.69) is 30.7 Å². The van der Waals surface area contributed by atoms with E-state index in [9.17, 15) is 0 Å². The molecule has 2 unspecified atom stereocenters. The summed E-state index contributed by atoms with van der Waals surface area (Å²) in [4.78, 5) is 0. The van der Waals surface area contributed by atoms with Gasteiger partial charge in [-0.3, -0.25) is 4.52 Å². The van der Waals surface area contributed by atoms with Gasteiger partial charge >= 0.3 is 7.07 Å². The molecule has 2 aliphatic heterocycles. The van der Waals surface area contributed by atoms with Crippen LogP contribution in [0.5, 0.6) is 5.75 Å². The summed E-state index contributed by atoms with van der Waals surface area (Å²) in [6.07, 6.45) is 0.265. The summed E-state index contributed by atoms with van der Waals surface area (Å²) in [5.41, 5.74) is 1.20. The summed E-state index contributed by atoms with van der Waals surface area (Å²) in [6, 6.07) is 8.22. The Hall–Kier alpha value is -0.440. The van der Waals surface area contributed by atoms with E-state index >= 15 is 0 Å². The predicted molar refractivity (Wildman–Crippen MR) is 70.0 cm³/mol. The summed E-state index contributed by atoms with van der Waals surface area (Å²) in [5.74, 6) is 1.99. The zero-order chi connectivity index (χ0) is 11.2. The van der Waals surface area contributed by atoms with Crippen LogP contribution in [0.4, 0.5) is 5.69 Å². The molecule has 0 amide bonds. The number of para-hydroxylation sites is 2. The number of fused-ring (bicyclic) bond motifs is 3. The summed E-state index contributed by atoms with van der Waals surface area (Å²) >= 11 is 1.81. The standard InChI is InChI=1S/C11H15NO2PS/c1-3-16-15-12(8-9(2)13-15)10-6-4-5-7-11(10)14-15/h4-7,9H,3,8H2,1-2H3/q+1. The first-order chi connectivity index (χ1) is 7.75. The van der Waals surface area contributed by atoms with Gasteiger partial charge in [-0.25, -0.2) is 0 Å². The van der Waals surface area contributed by atoms with Crippen LogP contribution in [-0.2, 0) is 4.52 Å². The molecule has 3 nitrogen and oxygen atoms in total. The first kappa shape index (κ1) is 10.7. The molecule has 2 heterocycles. The van der Waals surface area contributed by atoms with Crippen LogP contribution < -0.4 is 9.19 Å². The summed E-state index contributed by atoms with van der Waals surface area (Å²) in [7, 11) is -1.90. The van der Waals surface area contributed by atoms with Gasteiger partial charge in [0.15, 0.2) is 0 Å². The minimum absolute atomic E-state index is 0.265. The lowest BCUT2D eigenvalue weighted by atomic mass is 10.3. The normalized spacial score (nSPS) is 31.1. The van der Waals surface area contributed by atoms with E-state index in [4.69, 9.17) is 9.05 Å². The van der Waals surface area contributed by atoms with Crippen LogP contribution in [-0.4, -0.2) is 18.4 Å². The van der Waals surface area contributed by atoms with Crippen molar-refractivity contribution in [2.45, 2.75) is 20.0 Å². The highest BCUT2D eigenvalue weighted by Gasteiger charge is 2.64. The fraction of sp³-hybridized carbons (Fsp3) is 0.455. The van der Waals surface area contributed by atoms with Crippen LogP contribution in [0.1, 0.15) is 13.8 Å². The molecular formula is C11H15NO2PS+. The monoisotopic (exact) mass is 256 g/mol. The number of nitrogens with zero attached hydrogens (tertiary/aromatic N) is 1. The van der Waals surface area contributed by atoms with Crippen LogP contribution in [0.25, 0.3) is 0 Å². The van der Waals surface area contributed by atoms with Gasteiger partial charge in [0.05, 0.1) is 6.54 Å². The summed E-state index contributed by atoms with van der Waals surface area (Å²) in [6.45, 7) is 5.20. The fourth-order valence-electron chi connectivity index (χ4n) is 2.12. The van der Waals surface area contributed by atoms with Gasteiger partial charge in [0.25, 0.3) is 0 Å². The van der Waals surface area contributed by atoms with Gasteiger partial charge in [-0.2, -0.15) is 9.19 Å². The van der Waals surface area contributed by atoms with E-state index in [1.165, 1.54) is 5.69 Å². The van der Waals surface area contributed by atoms with E-state index in [-0.39, 0.29) is 6.10 Å².